The molecule has 0 aromatic rings. The monoisotopic (exact) mass is 253 g/mol. The highest BCUT2D eigenvalue weighted by Crippen LogP contribution is 2.29. The Bertz CT molecular complexity index is 262. The fraction of sp³-hybridized carbons (Fsp3) is 0.909. The van der Waals surface area contributed by atoms with Crippen molar-refractivity contribution >= 4 is 5.97 Å². The van der Waals surface area contributed by atoms with Gasteiger partial charge in [0.15, 0.2) is 5.92 Å². The summed E-state index contributed by atoms with van der Waals surface area (Å²) in [4.78, 5) is 10.5. The molecule has 0 aliphatic heterocycles. The van der Waals surface area contributed by atoms with Crippen molar-refractivity contribution in [2.24, 2.45) is 11.8 Å². The highest BCUT2D eigenvalue weighted by atomic mass is 19.4. The summed E-state index contributed by atoms with van der Waals surface area (Å²) in [6, 6.07) is -0.0540. The summed E-state index contributed by atoms with van der Waals surface area (Å²) >= 11 is 0. The molecule has 0 heterocycles. The van der Waals surface area contributed by atoms with Crippen molar-refractivity contribution in [3.63, 3.8) is 0 Å². The van der Waals surface area contributed by atoms with Gasteiger partial charge in [0.1, 0.15) is 0 Å². The van der Waals surface area contributed by atoms with Crippen LogP contribution in [-0.4, -0.2) is 29.8 Å². The minimum absolute atomic E-state index is 0.0540. The standard InChI is InChI=1S/C11H18F3NO2/c1-7(8-4-2-3-5-8)15-6-9(10(16)17)11(12,13)14/h7-9,15H,2-6H2,1H3,(H,16,17). The second-order valence-corrected chi connectivity index (χ2v) is 4.67. The van der Waals surface area contributed by atoms with Crippen LogP contribution >= 0.6 is 0 Å². The van der Waals surface area contributed by atoms with Crippen molar-refractivity contribution in [1.82, 2.24) is 5.32 Å². The van der Waals surface area contributed by atoms with Crippen LogP contribution in [0.25, 0.3) is 0 Å². The van der Waals surface area contributed by atoms with Gasteiger partial charge in [0.05, 0.1) is 0 Å². The largest absolute Gasteiger partial charge is 0.481 e. The van der Waals surface area contributed by atoms with Gasteiger partial charge in [-0.3, -0.25) is 4.79 Å². The maximum atomic E-state index is 12.4. The Morgan fingerprint density at radius 3 is 2.35 bits per heavy atom. The Balaban J connectivity index is 2.43. The van der Waals surface area contributed by atoms with Crippen LogP contribution in [0, 0.1) is 11.8 Å². The number of hydrogen-bond donors (Lipinski definition) is 2. The van der Waals surface area contributed by atoms with Crippen LogP contribution in [0.5, 0.6) is 0 Å². The van der Waals surface area contributed by atoms with Gasteiger partial charge in [-0.15, -0.1) is 0 Å². The van der Waals surface area contributed by atoms with Gasteiger partial charge in [-0.25, -0.2) is 0 Å². The van der Waals surface area contributed by atoms with Gasteiger partial charge in [-0.05, 0) is 25.7 Å². The number of carboxylic acid groups (broad SMARTS) is 1. The zero-order chi connectivity index (χ0) is 13.1. The smallest absolute Gasteiger partial charge is 0.403 e. The predicted octanol–water partition coefficient (Wildman–Crippen LogP) is 2.42. The molecule has 2 atom stereocenters. The van der Waals surface area contributed by atoms with Crippen LogP contribution < -0.4 is 5.32 Å². The highest BCUT2D eigenvalue weighted by molar-refractivity contribution is 5.71. The molecule has 0 amide bonds. The molecule has 6 heteroatoms. The SMILES string of the molecule is CC(NCC(C(=O)O)C(F)(F)F)C1CCCC1. The Morgan fingerprint density at radius 1 is 1.41 bits per heavy atom. The minimum atomic E-state index is -4.69. The number of alkyl halides is 3. The average molecular weight is 253 g/mol. The molecule has 100 valence electrons. The normalized spacial score (nSPS) is 21.4. The summed E-state index contributed by atoms with van der Waals surface area (Å²) in [5.41, 5.74) is 0. The number of halogens is 3. The lowest BCUT2D eigenvalue weighted by molar-refractivity contribution is -0.192. The highest BCUT2D eigenvalue weighted by Gasteiger charge is 2.45. The topological polar surface area (TPSA) is 49.3 Å². The first-order valence-corrected chi connectivity index (χ1v) is 5.85. The van der Waals surface area contributed by atoms with Gasteiger partial charge in [0, 0.05) is 12.6 Å². The predicted molar refractivity (Wildman–Crippen MR) is 56.6 cm³/mol. The molecule has 0 aromatic heterocycles. The molecule has 0 saturated heterocycles. The second-order valence-electron chi connectivity index (χ2n) is 4.67. The maximum absolute atomic E-state index is 12.4. The molecule has 0 bridgehead atoms. The van der Waals surface area contributed by atoms with Crippen LogP contribution in [0.15, 0.2) is 0 Å². The Morgan fingerprint density at radius 2 is 1.94 bits per heavy atom. The Hall–Kier alpha value is -0.780. The van der Waals surface area contributed by atoms with E-state index in [9.17, 15) is 18.0 Å². The Labute approximate surface area is 98.4 Å². The van der Waals surface area contributed by atoms with E-state index in [0.29, 0.717) is 5.92 Å². The summed E-state index contributed by atoms with van der Waals surface area (Å²) in [6.45, 7) is 1.28. The first-order chi connectivity index (χ1) is 7.82. The zero-order valence-corrected chi connectivity index (χ0v) is 9.76. The number of hydrogen-bond acceptors (Lipinski definition) is 2. The molecule has 0 radical (unpaired) electrons. The van der Waals surface area contributed by atoms with E-state index in [2.05, 4.69) is 5.32 Å². The molecule has 1 saturated carbocycles. The molecule has 1 aliphatic rings. The lowest BCUT2D eigenvalue weighted by Gasteiger charge is -2.23. The van der Waals surface area contributed by atoms with Crippen LogP contribution in [0.4, 0.5) is 13.2 Å². The van der Waals surface area contributed by atoms with Gasteiger partial charge in [0.2, 0.25) is 0 Å². The van der Waals surface area contributed by atoms with Gasteiger partial charge in [-0.1, -0.05) is 12.8 Å². The number of aliphatic carboxylic acids is 1. The molecule has 3 nitrogen and oxygen atoms in total. The molecule has 2 N–H and O–H groups in total. The fourth-order valence-corrected chi connectivity index (χ4v) is 2.27. The third-order valence-electron chi connectivity index (χ3n) is 3.44. The first kappa shape index (κ1) is 14.3. The zero-order valence-electron chi connectivity index (χ0n) is 9.76. The summed E-state index contributed by atoms with van der Waals surface area (Å²) in [6.07, 6.45) is -0.444. The van der Waals surface area contributed by atoms with E-state index >= 15 is 0 Å². The molecular formula is C11H18F3NO2. The molecule has 1 aliphatic carbocycles. The third-order valence-corrected chi connectivity index (χ3v) is 3.44. The van der Waals surface area contributed by atoms with Gasteiger partial charge < -0.3 is 10.4 Å². The molecule has 1 rings (SSSR count). The van der Waals surface area contributed by atoms with Gasteiger partial charge in [0.25, 0.3) is 0 Å². The van der Waals surface area contributed by atoms with E-state index in [1.807, 2.05) is 6.92 Å². The molecule has 0 aromatic carbocycles. The van der Waals surface area contributed by atoms with Crippen molar-refractivity contribution < 1.29 is 23.1 Å². The lowest BCUT2D eigenvalue weighted by Crippen LogP contribution is -2.43. The molecule has 1 fully saturated rings. The average Bonchev–Trinajstić information content (AvgIpc) is 2.67. The second kappa shape index (κ2) is 5.71. The quantitative estimate of drug-likeness (QED) is 0.791. The molecule has 0 spiro atoms. The summed E-state index contributed by atoms with van der Waals surface area (Å²) in [5.74, 6) is -3.76. The van der Waals surface area contributed by atoms with E-state index in [1.165, 1.54) is 0 Å². The first-order valence-electron chi connectivity index (χ1n) is 5.85. The number of carboxylic acids is 1. The van der Waals surface area contributed by atoms with Crippen LogP contribution in [0.3, 0.4) is 0 Å². The number of carbonyl (C=O) groups is 1. The van der Waals surface area contributed by atoms with Crippen molar-refractivity contribution in [3.8, 4) is 0 Å². The Kier molecular flexibility index (Phi) is 4.80. The van der Waals surface area contributed by atoms with Crippen molar-refractivity contribution in [3.05, 3.63) is 0 Å². The van der Waals surface area contributed by atoms with Crippen molar-refractivity contribution in [1.29, 1.82) is 0 Å². The summed E-state index contributed by atoms with van der Waals surface area (Å²) in [5, 5.41) is 11.2. The maximum Gasteiger partial charge on any atom is 0.403 e. The van der Waals surface area contributed by atoms with Crippen molar-refractivity contribution in [2.45, 2.75) is 44.8 Å². The number of rotatable bonds is 5. The third kappa shape index (κ3) is 4.18. The molecular weight excluding hydrogens is 235 g/mol. The minimum Gasteiger partial charge on any atom is -0.481 e. The fourth-order valence-electron chi connectivity index (χ4n) is 2.27. The molecule has 17 heavy (non-hydrogen) atoms. The van der Waals surface area contributed by atoms with Crippen LogP contribution in [0.2, 0.25) is 0 Å². The molecule has 2 unspecified atom stereocenters. The van der Waals surface area contributed by atoms with Gasteiger partial charge in [-0.2, -0.15) is 13.2 Å². The van der Waals surface area contributed by atoms with Crippen LogP contribution in [0.1, 0.15) is 32.6 Å². The summed E-state index contributed by atoms with van der Waals surface area (Å²) in [7, 11) is 0. The van der Waals surface area contributed by atoms with E-state index in [1.54, 1.807) is 0 Å². The van der Waals surface area contributed by atoms with E-state index in [4.69, 9.17) is 5.11 Å². The van der Waals surface area contributed by atoms with E-state index in [-0.39, 0.29) is 6.04 Å². The van der Waals surface area contributed by atoms with Gasteiger partial charge >= 0.3 is 12.1 Å². The number of nitrogens with one attached hydrogen (secondary N) is 1. The van der Waals surface area contributed by atoms with Crippen molar-refractivity contribution in [2.75, 3.05) is 6.54 Å². The van der Waals surface area contributed by atoms with E-state index < -0.39 is 24.6 Å². The van der Waals surface area contributed by atoms with Crippen LogP contribution in [-0.2, 0) is 4.79 Å². The summed E-state index contributed by atoms with van der Waals surface area (Å²) < 4.78 is 37.1. The van der Waals surface area contributed by atoms with E-state index in [0.717, 1.165) is 25.7 Å². The lowest BCUT2D eigenvalue weighted by atomic mass is 9.99.